The summed E-state index contributed by atoms with van der Waals surface area (Å²) in [4.78, 5) is 14.9. The van der Waals surface area contributed by atoms with Gasteiger partial charge < -0.3 is 19.7 Å². The molecule has 32 heavy (non-hydrogen) atoms. The van der Waals surface area contributed by atoms with Gasteiger partial charge in [0.1, 0.15) is 24.1 Å². The van der Waals surface area contributed by atoms with Crippen LogP contribution in [-0.2, 0) is 21.4 Å². The molecule has 2 rings (SSSR count). The number of nitrogens with zero attached hydrogens (tertiary/aromatic N) is 1. The van der Waals surface area contributed by atoms with E-state index in [1.165, 1.54) is 19.2 Å². The maximum absolute atomic E-state index is 12.8. The Labute approximate surface area is 191 Å². The van der Waals surface area contributed by atoms with E-state index in [0.29, 0.717) is 12.4 Å². The molecule has 0 heterocycles. The Bertz CT molecular complexity index is 975. The summed E-state index contributed by atoms with van der Waals surface area (Å²) in [7, 11) is 1.59. The number of rotatable bonds is 12. The summed E-state index contributed by atoms with van der Waals surface area (Å²) in [6.45, 7) is 5.20. The van der Waals surface area contributed by atoms with Crippen LogP contribution in [0.5, 0.6) is 11.5 Å². The molecule has 1 unspecified atom stereocenters. The molecule has 0 aliphatic carbocycles. The summed E-state index contributed by atoms with van der Waals surface area (Å²) in [6, 6.07) is 12.6. The molecule has 2 aromatic carbocycles. The monoisotopic (exact) mass is 463 g/mol. The molecule has 1 amide bonds. The first-order chi connectivity index (χ1) is 15.1. The fourth-order valence-electron chi connectivity index (χ4n) is 2.87. The highest BCUT2D eigenvalue weighted by Crippen LogP contribution is 2.17. The fraction of sp³-hybridized carbons (Fsp3) is 0.435. The maximum Gasteiger partial charge on any atom is 0.241 e. The van der Waals surface area contributed by atoms with Gasteiger partial charge in [-0.2, -0.15) is 4.72 Å². The lowest BCUT2D eigenvalue weighted by molar-refractivity contribution is -0.123. The van der Waals surface area contributed by atoms with Crippen molar-refractivity contribution in [2.45, 2.75) is 31.3 Å². The number of hydrogen-bond donors (Lipinski definition) is 2. The molecule has 0 spiro atoms. The first kappa shape index (κ1) is 25.6. The molecule has 0 fully saturated rings. The van der Waals surface area contributed by atoms with Crippen LogP contribution >= 0.6 is 0 Å². The number of sulfonamides is 1. The van der Waals surface area contributed by atoms with Gasteiger partial charge in [0.25, 0.3) is 0 Å². The van der Waals surface area contributed by atoms with Gasteiger partial charge in [0, 0.05) is 13.1 Å². The standard InChI is InChI=1S/C23H33N3O5S/c1-17(2)22(25-32(28,29)21-11-9-19(30-5)10-12-21)23(27)24-16-18-7-6-8-20(15-18)31-14-13-26(3)4/h6-12,15,17,22,25H,13-14,16H2,1-5H3,(H,24,27). The lowest BCUT2D eigenvalue weighted by Crippen LogP contribution is -2.49. The van der Waals surface area contributed by atoms with E-state index in [4.69, 9.17) is 9.47 Å². The van der Waals surface area contributed by atoms with Gasteiger partial charge in [0.05, 0.1) is 12.0 Å². The molecule has 1 atom stereocenters. The zero-order valence-corrected chi connectivity index (χ0v) is 20.1. The zero-order valence-electron chi connectivity index (χ0n) is 19.3. The van der Waals surface area contributed by atoms with Crippen molar-refractivity contribution in [2.75, 3.05) is 34.4 Å². The number of methoxy groups -OCH3 is 1. The van der Waals surface area contributed by atoms with E-state index in [-0.39, 0.29) is 17.4 Å². The van der Waals surface area contributed by atoms with E-state index >= 15 is 0 Å². The molecule has 0 saturated carbocycles. The summed E-state index contributed by atoms with van der Waals surface area (Å²) >= 11 is 0. The minimum absolute atomic E-state index is 0.0688. The van der Waals surface area contributed by atoms with Gasteiger partial charge in [-0.05, 0) is 62.0 Å². The van der Waals surface area contributed by atoms with Crippen molar-refractivity contribution < 1.29 is 22.7 Å². The molecule has 2 aromatic rings. The van der Waals surface area contributed by atoms with Crippen LogP contribution in [0.4, 0.5) is 0 Å². The van der Waals surface area contributed by atoms with Gasteiger partial charge >= 0.3 is 0 Å². The molecule has 2 N–H and O–H groups in total. The fourth-order valence-corrected chi connectivity index (χ4v) is 4.22. The van der Waals surface area contributed by atoms with Gasteiger partial charge in [-0.25, -0.2) is 8.42 Å². The smallest absolute Gasteiger partial charge is 0.241 e. The molecule has 9 heteroatoms. The van der Waals surface area contributed by atoms with Crippen LogP contribution in [0.15, 0.2) is 53.4 Å². The molecule has 0 saturated heterocycles. The molecule has 0 bridgehead atoms. The molecule has 0 aliphatic heterocycles. The third-order valence-electron chi connectivity index (χ3n) is 4.77. The van der Waals surface area contributed by atoms with E-state index in [1.807, 2.05) is 43.3 Å². The predicted octanol–water partition coefficient (Wildman–Crippen LogP) is 2.25. The number of ether oxygens (including phenoxy) is 2. The largest absolute Gasteiger partial charge is 0.497 e. The highest BCUT2D eigenvalue weighted by Gasteiger charge is 2.28. The summed E-state index contributed by atoms with van der Waals surface area (Å²) in [5, 5.41) is 2.82. The van der Waals surface area contributed by atoms with Crippen molar-refractivity contribution in [3.63, 3.8) is 0 Å². The third kappa shape index (κ3) is 7.81. The van der Waals surface area contributed by atoms with Crippen LogP contribution in [0, 0.1) is 5.92 Å². The molecule has 0 aliphatic rings. The van der Waals surface area contributed by atoms with Crippen molar-refractivity contribution in [3.8, 4) is 11.5 Å². The molecule has 176 valence electrons. The number of amides is 1. The SMILES string of the molecule is COc1ccc(S(=O)(=O)NC(C(=O)NCc2cccc(OCCN(C)C)c2)C(C)C)cc1. The summed E-state index contributed by atoms with van der Waals surface area (Å²) < 4.78 is 38.8. The zero-order chi connectivity index (χ0) is 23.7. The average molecular weight is 464 g/mol. The molecule has 0 aromatic heterocycles. The lowest BCUT2D eigenvalue weighted by atomic mass is 10.0. The number of carbonyl (C=O) groups excluding carboxylic acids is 1. The molecular weight excluding hydrogens is 430 g/mol. The summed E-state index contributed by atoms with van der Waals surface area (Å²) in [5.41, 5.74) is 0.862. The number of benzene rings is 2. The van der Waals surface area contributed by atoms with E-state index in [1.54, 1.807) is 26.0 Å². The summed E-state index contributed by atoms with van der Waals surface area (Å²) in [5.74, 6) is 0.633. The molecule has 0 radical (unpaired) electrons. The Balaban J connectivity index is 2.01. The third-order valence-corrected chi connectivity index (χ3v) is 6.23. The molecular formula is C23H33N3O5S. The number of nitrogens with one attached hydrogen (secondary N) is 2. The second kappa shape index (κ2) is 11.8. The number of carbonyl (C=O) groups is 1. The Morgan fingerprint density at radius 1 is 1.06 bits per heavy atom. The minimum atomic E-state index is -3.87. The maximum atomic E-state index is 12.8. The van der Waals surface area contributed by atoms with Crippen LogP contribution in [0.2, 0.25) is 0 Å². The highest BCUT2D eigenvalue weighted by atomic mass is 32.2. The van der Waals surface area contributed by atoms with Crippen LogP contribution in [-0.4, -0.2) is 59.6 Å². The topological polar surface area (TPSA) is 97.0 Å². The van der Waals surface area contributed by atoms with E-state index in [2.05, 4.69) is 10.0 Å². The number of likely N-dealkylation sites (N-methyl/N-ethyl adjacent to an activating group) is 1. The number of hydrogen-bond acceptors (Lipinski definition) is 6. The van der Waals surface area contributed by atoms with Gasteiger partial charge in [-0.1, -0.05) is 26.0 Å². The van der Waals surface area contributed by atoms with Crippen LogP contribution < -0.4 is 19.5 Å². The first-order valence-corrected chi connectivity index (χ1v) is 11.9. The van der Waals surface area contributed by atoms with Crippen molar-refractivity contribution in [1.29, 1.82) is 0 Å². The Kier molecular flexibility index (Phi) is 9.49. The Morgan fingerprint density at radius 3 is 2.34 bits per heavy atom. The van der Waals surface area contributed by atoms with Gasteiger partial charge in [0.15, 0.2) is 0 Å². The second-order valence-electron chi connectivity index (χ2n) is 8.04. The van der Waals surface area contributed by atoms with Crippen molar-refractivity contribution in [2.24, 2.45) is 5.92 Å². The van der Waals surface area contributed by atoms with Crippen LogP contribution in [0.1, 0.15) is 19.4 Å². The van der Waals surface area contributed by atoms with Gasteiger partial charge in [-0.15, -0.1) is 0 Å². The van der Waals surface area contributed by atoms with Crippen molar-refractivity contribution in [1.82, 2.24) is 14.9 Å². The van der Waals surface area contributed by atoms with Gasteiger partial charge in [-0.3, -0.25) is 4.79 Å². The van der Waals surface area contributed by atoms with E-state index < -0.39 is 22.0 Å². The summed E-state index contributed by atoms with van der Waals surface area (Å²) in [6.07, 6.45) is 0. The highest BCUT2D eigenvalue weighted by molar-refractivity contribution is 7.89. The normalized spacial score (nSPS) is 12.6. The first-order valence-electron chi connectivity index (χ1n) is 10.4. The van der Waals surface area contributed by atoms with E-state index in [9.17, 15) is 13.2 Å². The van der Waals surface area contributed by atoms with Crippen molar-refractivity contribution in [3.05, 3.63) is 54.1 Å². The van der Waals surface area contributed by atoms with Crippen LogP contribution in [0.25, 0.3) is 0 Å². The van der Waals surface area contributed by atoms with Crippen molar-refractivity contribution >= 4 is 15.9 Å². The lowest BCUT2D eigenvalue weighted by Gasteiger charge is -2.22. The predicted molar refractivity (Wildman–Crippen MR) is 124 cm³/mol. The van der Waals surface area contributed by atoms with E-state index in [0.717, 1.165) is 17.9 Å². The Morgan fingerprint density at radius 2 is 1.75 bits per heavy atom. The second-order valence-corrected chi connectivity index (χ2v) is 9.75. The minimum Gasteiger partial charge on any atom is -0.497 e. The molecule has 8 nitrogen and oxygen atoms in total. The Hall–Kier alpha value is -2.62. The van der Waals surface area contributed by atoms with Crippen LogP contribution in [0.3, 0.4) is 0 Å². The van der Waals surface area contributed by atoms with Gasteiger partial charge in [0.2, 0.25) is 15.9 Å². The quantitative estimate of drug-likeness (QED) is 0.501. The average Bonchev–Trinajstić information content (AvgIpc) is 2.76.